The number of halogens is 5. The van der Waals surface area contributed by atoms with Crippen molar-refractivity contribution in [3.8, 4) is 0 Å². The minimum absolute atomic E-state index is 0.0821. The highest BCUT2D eigenvalue weighted by molar-refractivity contribution is 7.89. The van der Waals surface area contributed by atoms with E-state index < -0.39 is 55.6 Å². The van der Waals surface area contributed by atoms with Gasteiger partial charge in [0.05, 0.1) is 29.9 Å². The molecule has 2 N–H and O–H groups in total. The lowest BCUT2D eigenvalue weighted by Crippen LogP contribution is -2.59. The van der Waals surface area contributed by atoms with Gasteiger partial charge in [0.15, 0.2) is 5.82 Å². The van der Waals surface area contributed by atoms with E-state index in [-0.39, 0.29) is 23.9 Å². The van der Waals surface area contributed by atoms with E-state index >= 15 is 0 Å². The van der Waals surface area contributed by atoms with Gasteiger partial charge in [0.25, 0.3) is 12.3 Å². The van der Waals surface area contributed by atoms with Gasteiger partial charge in [-0.15, -0.1) is 0 Å². The Hall–Kier alpha value is -2.21. The molecule has 162 valence electrons. The van der Waals surface area contributed by atoms with Crippen molar-refractivity contribution >= 4 is 33.2 Å². The molecule has 1 aliphatic heterocycles. The number of benzene rings is 2. The summed E-state index contributed by atoms with van der Waals surface area (Å²) >= 11 is 5.87. The van der Waals surface area contributed by atoms with Crippen molar-refractivity contribution in [1.82, 2.24) is 4.72 Å². The number of ether oxygens (including phenoxy) is 1. The van der Waals surface area contributed by atoms with Crippen LogP contribution >= 0.6 is 11.6 Å². The third kappa shape index (κ3) is 4.59. The Balaban J connectivity index is 1.93. The van der Waals surface area contributed by atoms with E-state index in [1.54, 1.807) is 6.92 Å². The molecule has 1 amide bonds. The van der Waals surface area contributed by atoms with Gasteiger partial charge in [-0.2, -0.15) is 0 Å². The topological polar surface area (TPSA) is 84.5 Å². The maximum absolute atomic E-state index is 14.9. The largest absolute Gasteiger partial charge is 0.377 e. The minimum atomic E-state index is -4.40. The van der Waals surface area contributed by atoms with Crippen LogP contribution in [0.1, 0.15) is 29.3 Å². The molecule has 0 spiro atoms. The normalized spacial score (nSPS) is 15.7. The highest BCUT2D eigenvalue weighted by Crippen LogP contribution is 2.28. The van der Waals surface area contributed by atoms with E-state index in [9.17, 15) is 30.8 Å². The molecule has 0 radical (unpaired) electrons. The van der Waals surface area contributed by atoms with E-state index in [0.29, 0.717) is 12.1 Å². The summed E-state index contributed by atoms with van der Waals surface area (Å²) in [6.07, 6.45) is -3.13. The molecular weight excluding hydrogens is 452 g/mol. The average molecular weight is 467 g/mol. The fraction of sp³-hybridized carbons (Fsp3) is 0.278. The van der Waals surface area contributed by atoms with E-state index in [4.69, 9.17) is 16.3 Å². The molecule has 1 fully saturated rings. The van der Waals surface area contributed by atoms with E-state index in [1.165, 1.54) is 0 Å². The highest BCUT2D eigenvalue weighted by atomic mass is 35.5. The summed E-state index contributed by atoms with van der Waals surface area (Å²) in [6.45, 7) is 1.72. The molecule has 2 aromatic carbocycles. The molecule has 1 aliphatic rings. The molecule has 12 heteroatoms. The number of amides is 1. The van der Waals surface area contributed by atoms with Crippen LogP contribution in [0, 0.1) is 11.6 Å². The summed E-state index contributed by atoms with van der Waals surface area (Å²) in [5.74, 6) is -3.72. The van der Waals surface area contributed by atoms with Crippen LogP contribution in [0.25, 0.3) is 0 Å². The fourth-order valence-electron chi connectivity index (χ4n) is 2.76. The van der Waals surface area contributed by atoms with Gasteiger partial charge in [0, 0.05) is 10.7 Å². The summed E-state index contributed by atoms with van der Waals surface area (Å²) in [6, 6.07) is 4.13. The van der Waals surface area contributed by atoms with Crippen molar-refractivity contribution < 1.29 is 35.5 Å². The molecular formula is C18H15ClF4N2O4S. The van der Waals surface area contributed by atoms with Gasteiger partial charge in [-0.3, -0.25) is 4.79 Å². The van der Waals surface area contributed by atoms with E-state index in [0.717, 1.165) is 18.2 Å². The summed E-state index contributed by atoms with van der Waals surface area (Å²) in [7, 11) is -4.40. The van der Waals surface area contributed by atoms with E-state index in [1.807, 2.05) is 0 Å². The number of hydrogen-bond donors (Lipinski definition) is 2. The SMILES string of the molecule is CC1(NS(=O)(=O)c2cc(Cl)cc(C(=O)Nc3ccc(F)c(C(F)F)c3)c2F)COC1. The molecule has 0 bridgehead atoms. The zero-order valence-corrected chi connectivity index (χ0v) is 16.9. The minimum Gasteiger partial charge on any atom is -0.377 e. The Kier molecular flexibility index (Phi) is 6.10. The Bertz CT molecular complexity index is 1110. The average Bonchev–Trinajstić information content (AvgIpc) is 2.62. The van der Waals surface area contributed by atoms with Crippen molar-refractivity contribution in [1.29, 1.82) is 0 Å². The van der Waals surface area contributed by atoms with Crippen molar-refractivity contribution in [2.75, 3.05) is 18.5 Å². The Morgan fingerprint density at radius 1 is 1.20 bits per heavy atom. The predicted octanol–water partition coefficient (Wildman–Crippen LogP) is 3.88. The maximum atomic E-state index is 14.9. The molecule has 6 nitrogen and oxygen atoms in total. The van der Waals surface area contributed by atoms with Crippen LogP contribution in [-0.2, 0) is 14.8 Å². The number of nitrogens with one attached hydrogen (secondary N) is 2. The number of anilines is 1. The van der Waals surface area contributed by atoms with Gasteiger partial charge in [-0.25, -0.2) is 30.7 Å². The molecule has 0 unspecified atom stereocenters. The quantitative estimate of drug-likeness (QED) is 0.633. The van der Waals surface area contributed by atoms with Gasteiger partial charge < -0.3 is 10.1 Å². The number of carbonyl (C=O) groups excluding carboxylic acids is 1. The molecule has 1 heterocycles. The molecule has 30 heavy (non-hydrogen) atoms. The van der Waals surface area contributed by atoms with Crippen molar-refractivity contribution in [3.05, 3.63) is 58.1 Å². The predicted molar refractivity (Wildman–Crippen MR) is 100 cm³/mol. The molecule has 2 aromatic rings. The third-order valence-corrected chi connectivity index (χ3v) is 6.10. The van der Waals surface area contributed by atoms with Gasteiger partial charge in [-0.05, 0) is 37.3 Å². The summed E-state index contributed by atoms with van der Waals surface area (Å²) in [4.78, 5) is 11.6. The Morgan fingerprint density at radius 2 is 1.87 bits per heavy atom. The number of hydrogen-bond acceptors (Lipinski definition) is 4. The smallest absolute Gasteiger partial charge is 0.266 e. The molecule has 0 saturated carbocycles. The zero-order chi connectivity index (χ0) is 22.3. The van der Waals surface area contributed by atoms with Crippen LogP contribution in [0.3, 0.4) is 0 Å². The lowest BCUT2D eigenvalue weighted by molar-refractivity contribution is -0.0523. The number of sulfonamides is 1. The van der Waals surface area contributed by atoms with Crippen molar-refractivity contribution in [2.24, 2.45) is 0 Å². The molecule has 0 aromatic heterocycles. The standard InChI is InChI=1S/C18H15ClF4N2O4S/c1-18(7-29-8-18)25-30(27,28)14-5-9(19)4-12(15(14)21)17(26)24-10-2-3-13(20)11(6-10)16(22)23/h2-6,16,25H,7-8H2,1H3,(H,24,26). The van der Waals surface area contributed by atoms with Crippen molar-refractivity contribution in [3.63, 3.8) is 0 Å². The fourth-order valence-corrected chi connectivity index (χ4v) is 4.55. The molecule has 1 saturated heterocycles. The third-order valence-electron chi connectivity index (χ3n) is 4.25. The first-order chi connectivity index (χ1) is 13.9. The Morgan fingerprint density at radius 3 is 2.43 bits per heavy atom. The van der Waals surface area contributed by atoms with Crippen LogP contribution in [0.2, 0.25) is 5.02 Å². The van der Waals surface area contributed by atoms with Crippen LogP contribution < -0.4 is 10.0 Å². The summed E-state index contributed by atoms with van der Waals surface area (Å²) in [5.41, 5.74) is -2.86. The monoisotopic (exact) mass is 466 g/mol. The van der Waals surface area contributed by atoms with Crippen LogP contribution in [0.15, 0.2) is 35.2 Å². The van der Waals surface area contributed by atoms with Crippen molar-refractivity contribution in [2.45, 2.75) is 23.8 Å². The second-order valence-corrected chi connectivity index (χ2v) is 9.00. The lowest BCUT2D eigenvalue weighted by atomic mass is 10.0. The van der Waals surface area contributed by atoms with Gasteiger partial charge in [0.2, 0.25) is 10.0 Å². The van der Waals surface area contributed by atoms with Crippen LogP contribution in [0.5, 0.6) is 0 Å². The maximum Gasteiger partial charge on any atom is 0.266 e. The summed E-state index contributed by atoms with van der Waals surface area (Å²) in [5, 5.41) is 1.88. The van der Waals surface area contributed by atoms with Gasteiger partial charge in [-0.1, -0.05) is 11.6 Å². The zero-order valence-electron chi connectivity index (χ0n) is 15.3. The lowest BCUT2D eigenvalue weighted by Gasteiger charge is -2.38. The first kappa shape index (κ1) is 22.5. The second kappa shape index (κ2) is 8.14. The first-order valence-corrected chi connectivity index (χ1v) is 10.3. The van der Waals surface area contributed by atoms with E-state index in [2.05, 4.69) is 10.0 Å². The second-order valence-electron chi connectivity index (χ2n) is 6.92. The molecule has 3 rings (SSSR count). The van der Waals surface area contributed by atoms with Gasteiger partial charge in [0.1, 0.15) is 10.7 Å². The van der Waals surface area contributed by atoms with Crippen LogP contribution in [0.4, 0.5) is 23.2 Å². The molecule has 0 aliphatic carbocycles. The van der Waals surface area contributed by atoms with Gasteiger partial charge >= 0.3 is 0 Å². The molecule has 0 atom stereocenters. The highest BCUT2D eigenvalue weighted by Gasteiger charge is 2.39. The first-order valence-electron chi connectivity index (χ1n) is 8.41. The number of carbonyl (C=O) groups is 1. The number of rotatable bonds is 6. The Labute approximate surface area is 174 Å². The summed E-state index contributed by atoms with van der Waals surface area (Å²) < 4.78 is 86.4. The van der Waals surface area contributed by atoms with Crippen LogP contribution in [-0.4, -0.2) is 33.1 Å². The number of alkyl halides is 2.